The fraction of sp³-hybridized carbons (Fsp3) is 0.917. The zero-order valence-corrected chi connectivity index (χ0v) is 11.5. The molecular formula is C12H20O7. The zero-order chi connectivity index (χ0) is 13.1. The Morgan fingerprint density at radius 2 is 1.68 bits per heavy atom. The van der Waals surface area contributed by atoms with Gasteiger partial charge in [-0.1, -0.05) is 0 Å². The lowest BCUT2D eigenvalue weighted by Crippen LogP contribution is -2.39. The molecule has 3 fully saturated rings. The number of carbonyl (C=O) groups excluding carboxylic acids is 1. The Morgan fingerprint density at radius 3 is 2.21 bits per heavy atom. The molecule has 0 unspecified atom stereocenters. The van der Waals surface area contributed by atoms with E-state index in [0.29, 0.717) is 6.61 Å². The van der Waals surface area contributed by atoms with Crippen LogP contribution in [0, 0.1) is 0 Å². The maximum atomic E-state index is 12.2. The molecule has 0 aromatic heterocycles. The van der Waals surface area contributed by atoms with E-state index in [9.17, 15) is 4.79 Å². The van der Waals surface area contributed by atoms with Gasteiger partial charge in [0.15, 0.2) is 35.9 Å². The van der Waals surface area contributed by atoms with Crippen molar-refractivity contribution in [2.24, 2.45) is 0 Å². The number of rotatable bonds is 1. The molecule has 0 radical (unpaired) electrons. The van der Waals surface area contributed by atoms with E-state index in [4.69, 9.17) is 23.7 Å². The van der Waals surface area contributed by atoms with Crippen molar-refractivity contribution in [1.82, 2.24) is 0 Å². The Kier molecular flexibility index (Phi) is 3.49. The highest BCUT2D eigenvalue weighted by Crippen LogP contribution is 2.38. The van der Waals surface area contributed by atoms with Gasteiger partial charge in [0.05, 0.1) is 6.61 Å². The van der Waals surface area contributed by atoms with Crippen LogP contribution in [-0.2, 0) is 28.5 Å². The SMILES string of the molecule is CC1(C)O[C@H]2O[C@H]([C@H]3COC(C)(C)O3)C(=O)[C@H]2O1.O. The average Bonchev–Trinajstić information content (AvgIpc) is 2.81. The second kappa shape index (κ2) is 4.47. The second-order valence-corrected chi connectivity index (χ2v) is 5.75. The van der Waals surface area contributed by atoms with Crippen molar-refractivity contribution in [2.75, 3.05) is 6.61 Å². The maximum absolute atomic E-state index is 12.2. The quantitative estimate of drug-likeness (QED) is 0.656. The van der Waals surface area contributed by atoms with Crippen molar-refractivity contribution in [3.05, 3.63) is 0 Å². The summed E-state index contributed by atoms with van der Waals surface area (Å²) in [5, 5.41) is 0. The minimum atomic E-state index is -0.776. The van der Waals surface area contributed by atoms with E-state index >= 15 is 0 Å². The largest absolute Gasteiger partial charge is 0.412 e. The third-order valence-electron chi connectivity index (χ3n) is 3.27. The van der Waals surface area contributed by atoms with Gasteiger partial charge in [-0.15, -0.1) is 0 Å². The Labute approximate surface area is 111 Å². The van der Waals surface area contributed by atoms with E-state index in [1.807, 2.05) is 13.8 Å². The van der Waals surface area contributed by atoms with Crippen LogP contribution in [0.25, 0.3) is 0 Å². The lowest BCUT2D eigenvalue weighted by atomic mass is 10.1. The molecule has 4 atom stereocenters. The third-order valence-corrected chi connectivity index (χ3v) is 3.27. The molecule has 19 heavy (non-hydrogen) atoms. The summed E-state index contributed by atoms with van der Waals surface area (Å²) in [6.45, 7) is 7.48. The molecular weight excluding hydrogens is 256 g/mol. The Bertz CT molecular complexity index is 378. The predicted octanol–water partition coefficient (Wildman–Crippen LogP) is -0.241. The van der Waals surface area contributed by atoms with Crippen LogP contribution < -0.4 is 0 Å². The summed E-state index contributed by atoms with van der Waals surface area (Å²) in [7, 11) is 0. The molecule has 3 heterocycles. The van der Waals surface area contributed by atoms with Crippen LogP contribution in [-0.4, -0.2) is 54.0 Å². The Balaban J connectivity index is 0.00000133. The standard InChI is InChI=1S/C12H18O6.H2O/c1-11(2)14-5-6(16-11)8-7(13)9-10(15-8)18-12(3,4)17-9;/h6,8-10H,5H2,1-4H3;1H2/t6-,8-,9-,10-;/m1./s1. The average molecular weight is 276 g/mol. The lowest BCUT2D eigenvalue weighted by Gasteiger charge is -2.23. The fourth-order valence-corrected chi connectivity index (χ4v) is 2.53. The molecule has 0 amide bonds. The van der Waals surface area contributed by atoms with Crippen molar-refractivity contribution >= 4 is 5.78 Å². The first-order chi connectivity index (χ1) is 8.27. The molecule has 0 aromatic rings. The summed E-state index contributed by atoms with van der Waals surface area (Å²) in [4.78, 5) is 12.2. The highest BCUT2D eigenvalue weighted by molar-refractivity contribution is 5.90. The van der Waals surface area contributed by atoms with Crippen LogP contribution in [0.3, 0.4) is 0 Å². The van der Waals surface area contributed by atoms with E-state index < -0.39 is 36.2 Å². The van der Waals surface area contributed by atoms with Crippen LogP contribution in [0.4, 0.5) is 0 Å². The van der Waals surface area contributed by atoms with Gasteiger partial charge in [-0.25, -0.2) is 0 Å². The van der Waals surface area contributed by atoms with E-state index in [0.717, 1.165) is 0 Å². The molecule has 0 aliphatic carbocycles. The number of carbonyl (C=O) groups is 1. The number of Topliss-reactive ketones (excluding diaryl/α,β-unsaturated/α-hetero) is 1. The number of fused-ring (bicyclic) bond motifs is 1. The lowest BCUT2D eigenvalue weighted by molar-refractivity contribution is -0.219. The molecule has 0 spiro atoms. The minimum Gasteiger partial charge on any atom is -0.412 e. The summed E-state index contributed by atoms with van der Waals surface area (Å²) in [5.41, 5.74) is 0. The molecule has 110 valence electrons. The van der Waals surface area contributed by atoms with Crippen LogP contribution in [0.15, 0.2) is 0 Å². The highest BCUT2D eigenvalue weighted by atomic mass is 16.8. The van der Waals surface area contributed by atoms with Gasteiger partial charge in [0.25, 0.3) is 0 Å². The molecule has 3 rings (SSSR count). The van der Waals surface area contributed by atoms with Crippen molar-refractivity contribution in [1.29, 1.82) is 0 Å². The van der Waals surface area contributed by atoms with Gasteiger partial charge in [-0.2, -0.15) is 0 Å². The molecule has 2 N–H and O–H groups in total. The van der Waals surface area contributed by atoms with Crippen molar-refractivity contribution in [3.8, 4) is 0 Å². The summed E-state index contributed by atoms with van der Waals surface area (Å²) in [6.07, 6.45) is -2.35. The van der Waals surface area contributed by atoms with E-state index in [2.05, 4.69) is 0 Å². The van der Waals surface area contributed by atoms with Gasteiger partial charge in [-0.3, -0.25) is 4.79 Å². The molecule has 3 aliphatic heterocycles. The summed E-state index contributed by atoms with van der Waals surface area (Å²) < 4.78 is 27.7. The molecule has 3 saturated heterocycles. The Hall–Kier alpha value is -0.570. The van der Waals surface area contributed by atoms with Crippen molar-refractivity contribution in [3.63, 3.8) is 0 Å². The summed E-state index contributed by atoms with van der Waals surface area (Å²) in [5.74, 6) is -1.58. The second-order valence-electron chi connectivity index (χ2n) is 5.75. The van der Waals surface area contributed by atoms with Gasteiger partial charge in [0.1, 0.15) is 6.10 Å². The number of ether oxygens (including phenoxy) is 5. The topological polar surface area (TPSA) is 94.7 Å². The van der Waals surface area contributed by atoms with Crippen LogP contribution in [0.1, 0.15) is 27.7 Å². The van der Waals surface area contributed by atoms with Gasteiger partial charge in [0, 0.05) is 0 Å². The minimum absolute atomic E-state index is 0. The first-order valence-electron chi connectivity index (χ1n) is 6.14. The Morgan fingerprint density at radius 1 is 1.00 bits per heavy atom. The molecule has 3 aliphatic rings. The molecule has 0 saturated carbocycles. The maximum Gasteiger partial charge on any atom is 0.198 e. The monoisotopic (exact) mass is 276 g/mol. The predicted molar refractivity (Wildman–Crippen MR) is 62.2 cm³/mol. The number of hydrogen-bond acceptors (Lipinski definition) is 6. The van der Waals surface area contributed by atoms with Crippen molar-refractivity contribution < 1.29 is 34.0 Å². The third kappa shape index (κ3) is 2.54. The molecule has 0 aromatic carbocycles. The van der Waals surface area contributed by atoms with Crippen LogP contribution >= 0.6 is 0 Å². The first-order valence-corrected chi connectivity index (χ1v) is 6.14. The van der Waals surface area contributed by atoms with Gasteiger partial charge in [-0.05, 0) is 27.7 Å². The van der Waals surface area contributed by atoms with E-state index in [1.54, 1.807) is 13.8 Å². The summed E-state index contributed by atoms with van der Waals surface area (Å²) in [6, 6.07) is 0. The number of ketones is 1. The highest BCUT2D eigenvalue weighted by Gasteiger charge is 2.57. The van der Waals surface area contributed by atoms with Crippen molar-refractivity contribution in [2.45, 2.75) is 63.9 Å². The van der Waals surface area contributed by atoms with Gasteiger partial charge in [0.2, 0.25) is 0 Å². The van der Waals surface area contributed by atoms with Gasteiger partial charge >= 0.3 is 0 Å². The molecule has 0 bridgehead atoms. The first kappa shape index (κ1) is 14.8. The number of hydrogen-bond donors (Lipinski definition) is 0. The smallest absolute Gasteiger partial charge is 0.198 e. The molecule has 7 heteroatoms. The molecule has 7 nitrogen and oxygen atoms in total. The van der Waals surface area contributed by atoms with E-state index in [-0.39, 0.29) is 11.3 Å². The fourth-order valence-electron chi connectivity index (χ4n) is 2.53. The van der Waals surface area contributed by atoms with Crippen LogP contribution in [0.5, 0.6) is 0 Å². The van der Waals surface area contributed by atoms with E-state index in [1.165, 1.54) is 0 Å². The normalized spacial score (nSPS) is 43.1. The van der Waals surface area contributed by atoms with Gasteiger partial charge < -0.3 is 29.2 Å². The van der Waals surface area contributed by atoms with Crippen LogP contribution in [0.2, 0.25) is 0 Å². The summed E-state index contributed by atoms with van der Waals surface area (Å²) >= 11 is 0. The zero-order valence-electron chi connectivity index (χ0n) is 11.5.